The van der Waals surface area contributed by atoms with Crippen molar-refractivity contribution < 1.29 is 4.79 Å². The minimum atomic E-state index is -0.180. The second-order valence-electron chi connectivity index (χ2n) is 8.01. The number of aromatic nitrogens is 3. The van der Waals surface area contributed by atoms with E-state index in [1.165, 1.54) is 0 Å². The minimum Gasteiger partial charge on any atom is -0.365 e. The number of amides is 1. The van der Waals surface area contributed by atoms with Gasteiger partial charge in [-0.05, 0) is 43.2 Å². The number of nitrogens with zero attached hydrogens (tertiary/aromatic N) is 4. The largest absolute Gasteiger partial charge is 0.365 e. The van der Waals surface area contributed by atoms with Gasteiger partial charge in [-0.15, -0.1) is 0 Å². The smallest absolute Gasteiger partial charge is 0.269 e. The van der Waals surface area contributed by atoms with Gasteiger partial charge in [-0.2, -0.15) is 0 Å². The van der Waals surface area contributed by atoms with Crippen molar-refractivity contribution >= 4 is 22.6 Å². The van der Waals surface area contributed by atoms with Crippen molar-refractivity contribution in [1.82, 2.24) is 25.2 Å². The van der Waals surface area contributed by atoms with Crippen LogP contribution in [0.4, 0.5) is 5.69 Å². The number of rotatable bonds is 5. The Morgan fingerprint density at radius 1 is 1.23 bits per heavy atom. The molecule has 1 amide bonds. The molecule has 3 aromatic rings. The Morgan fingerprint density at radius 3 is 2.74 bits per heavy atom. The number of anilines is 1. The number of pyridine rings is 3. The Balaban J connectivity index is 1.43. The van der Waals surface area contributed by atoms with E-state index in [0.29, 0.717) is 18.2 Å². The molecule has 1 saturated heterocycles. The number of carbonyl (C=O) groups is 1. The molecule has 8 nitrogen and oxygen atoms in total. The van der Waals surface area contributed by atoms with Crippen molar-refractivity contribution in [3.63, 3.8) is 0 Å². The number of hydrogen-bond acceptors (Lipinski definition) is 6. The van der Waals surface area contributed by atoms with Crippen molar-refractivity contribution in [2.24, 2.45) is 0 Å². The molecule has 4 heterocycles. The molecule has 0 saturated carbocycles. The first-order valence-corrected chi connectivity index (χ1v) is 10.7. The monoisotopic (exact) mass is 420 g/mol. The third kappa shape index (κ3) is 4.44. The fourth-order valence-electron chi connectivity index (χ4n) is 4.15. The van der Waals surface area contributed by atoms with Gasteiger partial charge < -0.3 is 15.2 Å². The lowest BCUT2D eigenvalue weighted by Gasteiger charge is -2.41. The molecule has 0 spiro atoms. The molecule has 2 N–H and O–H groups in total. The highest BCUT2D eigenvalue weighted by molar-refractivity contribution is 5.92. The molecule has 3 aromatic heterocycles. The molecule has 8 heteroatoms. The predicted octanol–water partition coefficient (Wildman–Crippen LogP) is 1.95. The second-order valence-corrected chi connectivity index (χ2v) is 8.01. The summed E-state index contributed by atoms with van der Waals surface area (Å²) in [7, 11) is 1.60. The van der Waals surface area contributed by atoms with E-state index in [-0.39, 0.29) is 11.5 Å². The lowest BCUT2D eigenvalue weighted by Crippen LogP contribution is -2.51. The molecule has 31 heavy (non-hydrogen) atoms. The maximum Gasteiger partial charge on any atom is 0.269 e. The van der Waals surface area contributed by atoms with Gasteiger partial charge in [0.05, 0.1) is 22.9 Å². The van der Waals surface area contributed by atoms with Gasteiger partial charge in [-0.1, -0.05) is 6.92 Å². The molecule has 0 radical (unpaired) electrons. The molecule has 0 aliphatic carbocycles. The molecule has 1 atom stereocenters. The number of piperazine rings is 1. The fraction of sp³-hybridized carbons (Fsp3) is 0.391. The van der Waals surface area contributed by atoms with Crippen LogP contribution in [0.1, 0.15) is 35.5 Å². The van der Waals surface area contributed by atoms with Crippen molar-refractivity contribution in [1.29, 1.82) is 0 Å². The van der Waals surface area contributed by atoms with Crippen LogP contribution in [-0.2, 0) is 13.0 Å². The molecule has 0 aromatic carbocycles. The number of hydrogen-bond donors (Lipinski definition) is 2. The average Bonchev–Trinajstić information content (AvgIpc) is 2.78. The van der Waals surface area contributed by atoms with Crippen LogP contribution in [-0.4, -0.2) is 58.5 Å². The molecular weight excluding hydrogens is 392 g/mol. The van der Waals surface area contributed by atoms with Crippen molar-refractivity contribution in [3.05, 3.63) is 63.8 Å². The van der Waals surface area contributed by atoms with Gasteiger partial charge in [-0.3, -0.25) is 19.5 Å². The molecule has 162 valence electrons. The third-order valence-corrected chi connectivity index (χ3v) is 5.86. The fourth-order valence-corrected chi connectivity index (χ4v) is 4.15. The Morgan fingerprint density at radius 2 is 2.06 bits per heavy atom. The van der Waals surface area contributed by atoms with Crippen LogP contribution < -0.4 is 15.8 Å². The zero-order valence-electron chi connectivity index (χ0n) is 18.2. The second kappa shape index (κ2) is 8.85. The number of aromatic amines is 1. The number of nitrogens with one attached hydrogen (secondary N) is 2. The average molecular weight is 421 g/mol. The van der Waals surface area contributed by atoms with Gasteiger partial charge in [0.2, 0.25) is 0 Å². The van der Waals surface area contributed by atoms with E-state index >= 15 is 0 Å². The molecular formula is C23H28N6O2. The molecule has 1 aliphatic rings. The van der Waals surface area contributed by atoms with Crippen LogP contribution in [0, 0.1) is 0 Å². The Kier molecular flexibility index (Phi) is 5.99. The predicted molar refractivity (Wildman–Crippen MR) is 121 cm³/mol. The van der Waals surface area contributed by atoms with E-state index in [1.807, 2.05) is 31.3 Å². The zero-order chi connectivity index (χ0) is 22.0. The quantitative estimate of drug-likeness (QED) is 0.655. The van der Waals surface area contributed by atoms with Crippen LogP contribution in [0.3, 0.4) is 0 Å². The summed E-state index contributed by atoms with van der Waals surface area (Å²) in [4.78, 5) is 40.4. The summed E-state index contributed by atoms with van der Waals surface area (Å²) in [6.07, 6.45) is 4.37. The van der Waals surface area contributed by atoms with Crippen LogP contribution in [0.2, 0.25) is 0 Å². The van der Waals surface area contributed by atoms with Crippen LogP contribution in [0.5, 0.6) is 0 Å². The topological polar surface area (TPSA) is 94.2 Å². The highest BCUT2D eigenvalue weighted by atomic mass is 16.1. The number of H-pyrrole nitrogens is 1. The summed E-state index contributed by atoms with van der Waals surface area (Å²) in [6.45, 7) is 7.64. The summed E-state index contributed by atoms with van der Waals surface area (Å²) in [5, 5.41) is 2.59. The maximum atomic E-state index is 12.1. The molecule has 1 fully saturated rings. The summed E-state index contributed by atoms with van der Waals surface area (Å²) >= 11 is 0. The highest BCUT2D eigenvalue weighted by Crippen LogP contribution is 2.21. The third-order valence-electron chi connectivity index (χ3n) is 5.86. The molecule has 1 aliphatic heterocycles. The van der Waals surface area contributed by atoms with Gasteiger partial charge in [-0.25, -0.2) is 4.98 Å². The van der Waals surface area contributed by atoms with Crippen molar-refractivity contribution in [2.45, 2.75) is 32.9 Å². The number of aryl methyl sites for hydroxylation is 1. The van der Waals surface area contributed by atoms with E-state index in [4.69, 9.17) is 0 Å². The first-order valence-electron chi connectivity index (χ1n) is 10.7. The van der Waals surface area contributed by atoms with Crippen LogP contribution >= 0.6 is 0 Å². The Bertz CT molecular complexity index is 1140. The molecule has 0 unspecified atom stereocenters. The van der Waals surface area contributed by atoms with Gasteiger partial charge in [0.25, 0.3) is 11.5 Å². The van der Waals surface area contributed by atoms with Crippen LogP contribution in [0.25, 0.3) is 11.0 Å². The van der Waals surface area contributed by atoms with Crippen molar-refractivity contribution in [2.75, 3.05) is 31.6 Å². The zero-order valence-corrected chi connectivity index (χ0v) is 18.2. The molecule has 0 bridgehead atoms. The Labute approximate surface area is 181 Å². The van der Waals surface area contributed by atoms with Gasteiger partial charge >= 0.3 is 0 Å². The van der Waals surface area contributed by atoms with E-state index in [9.17, 15) is 9.59 Å². The highest BCUT2D eigenvalue weighted by Gasteiger charge is 2.24. The van der Waals surface area contributed by atoms with Gasteiger partial charge in [0.15, 0.2) is 0 Å². The summed E-state index contributed by atoms with van der Waals surface area (Å²) < 4.78 is 0. The lowest BCUT2D eigenvalue weighted by atomic mass is 10.1. The first-order chi connectivity index (χ1) is 15.0. The van der Waals surface area contributed by atoms with E-state index < -0.39 is 0 Å². The summed E-state index contributed by atoms with van der Waals surface area (Å²) in [5.74, 6) is -0.180. The van der Waals surface area contributed by atoms with E-state index in [0.717, 1.165) is 54.0 Å². The van der Waals surface area contributed by atoms with Crippen LogP contribution in [0.15, 0.2) is 41.5 Å². The van der Waals surface area contributed by atoms with Crippen molar-refractivity contribution in [3.8, 4) is 0 Å². The summed E-state index contributed by atoms with van der Waals surface area (Å²) in [5.41, 5.74) is 4.87. The maximum absolute atomic E-state index is 12.1. The normalized spacial score (nSPS) is 17.1. The van der Waals surface area contributed by atoms with E-state index in [1.54, 1.807) is 19.3 Å². The minimum absolute atomic E-state index is 0.0350. The lowest BCUT2D eigenvalue weighted by molar-refractivity contribution is 0.0958. The number of carbonyl (C=O) groups excluding carboxylic acids is 1. The number of fused-ring (bicyclic) bond motifs is 1. The Hall–Kier alpha value is -3.26. The standard InChI is InChI=1S/C23H28N6O2/c1-4-17-10-20-21(27-22(17)30)9-16(11-25-20)14-28-7-8-29(15(2)13-28)18-5-6-19(26-12-18)23(31)24-3/h5-6,9-12,15H,4,7-8,13-14H2,1-3H3,(H,24,31)(H,27,30)/t15-/m0/s1. The summed E-state index contributed by atoms with van der Waals surface area (Å²) in [6, 6.07) is 7.93. The first kappa shape index (κ1) is 21.0. The van der Waals surface area contributed by atoms with Gasteiger partial charge in [0, 0.05) is 51.0 Å². The van der Waals surface area contributed by atoms with E-state index in [2.05, 4.69) is 37.0 Å². The van der Waals surface area contributed by atoms with Gasteiger partial charge in [0.1, 0.15) is 5.69 Å². The SMILES string of the molecule is CCc1cc2ncc(CN3CCN(c4ccc(C(=O)NC)nc4)[C@@H](C)C3)cc2[nH]c1=O. The molecule has 4 rings (SSSR count).